The highest BCUT2D eigenvalue weighted by atomic mass is 35.5. The van der Waals surface area contributed by atoms with Gasteiger partial charge < -0.3 is 5.32 Å². The van der Waals surface area contributed by atoms with Crippen molar-refractivity contribution in [3.63, 3.8) is 0 Å². The Bertz CT molecular complexity index is 413. The number of anilines is 1. The van der Waals surface area contributed by atoms with E-state index in [-0.39, 0.29) is 0 Å². The van der Waals surface area contributed by atoms with Crippen LogP contribution in [-0.4, -0.2) is 24.5 Å². The van der Waals surface area contributed by atoms with Crippen LogP contribution in [0.4, 0.5) is 5.69 Å². The molecule has 0 unspecified atom stereocenters. The van der Waals surface area contributed by atoms with Gasteiger partial charge in [0.15, 0.2) is 0 Å². The van der Waals surface area contributed by atoms with E-state index in [1.807, 2.05) is 7.05 Å². The number of nitrogens with one attached hydrogen (secondary N) is 1. The quantitative estimate of drug-likeness (QED) is 0.850. The lowest BCUT2D eigenvalue weighted by Crippen LogP contribution is -2.32. The van der Waals surface area contributed by atoms with Gasteiger partial charge in [0.1, 0.15) is 0 Å². The van der Waals surface area contributed by atoms with E-state index in [2.05, 4.69) is 22.3 Å². The van der Waals surface area contributed by atoms with Gasteiger partial charge in [-0.2, -0.15) is 0 Å². The van der Waals surface area contributed by atoms with Crippen LogP contribution in [0.5, 0.6) is 0 Å². The molecule has 0 aromatic heterocycles. The summed E-state index contributed by atoms with van der Waals surface area (Å²) < 4.78 is 0. The van der Waals surface area contributed by atoms with Gasteiger partial charge in [-0.3, -0.25) is 4.90 Å². The predicted molar refractivity (Wildman–Crippen MR) is 68.1 cm³/mol. The second kappa shape index (κ2) is 3.94. The third kappa shape index (κ3) is 1.80. The van der Waals surface area contributed by atoms with Crippen molar-refractivity contribution < 1.29 is 0 Å². The van der Waals surface area contributed by atoms with Crippen molar-refractivity contribution in [3.8, 4) is 0 Å². The van der Waals surface area contributed by atoms with Crippen molar-refractivity contribution >= 4 is 17.3 Å². The summed E-state index contributed by atoms with van der Waals surface area (Å²) in [6.07, 6.45) is 3.94. The van der Waals surface area contributed by atoms with Crippen LogP contribution in [0.2, 0.25) is 5.02 Å². The van der Waals surface area contributed by atoms with Gasteiger partial charge in [-0.25, -0.2) is 0 Å². The highest BCUT2D eigenvalue weighted by Crippen LogP contribution is 2.34. The molecule has 16 heavy (non-hydrogen) atoms. The molecule has 0 atom stereocenters. The van der Waals surface area contributed by atoms with Gasteiger partial charge in [-0.05, 0) is 42.5 Å². The molecule has 1 aliphatic carbocycles. The summed E-state index contributed by atoms with van der Waals surface area (Å²) in [5, 5.41) is 3.99. The van der Waals surface area contributed by atoms with Gasteiger partial charge in [0.25, 0.3) is 0 Å². The molecule has 0 bridgehead atoms. The molecule has 1 N–H and O–H groups in total. The number of fused-ring (bicyclic) bond motifs is 1. The summed E-state index contributed by atoms with van der Waals surface area (Å²) in [6.45, 7) is 2.30. The third-order valence-corrected chi connectivity index (χ3v) is 3.98. The lowest BCUT2D eigenvalue weighted by Gasteiger charge is -2.29. The summed E-state index contributed by atoms with van der Waals surface area (Å²) in [4.78, 5) is 2.59. The fraction of sp³-hybridized carbons (Fsp3) is 0.538. The molecule has 1 aromatic rings. The van der Waals surface area contributed by atoms with Crippen LogP contribution in [0.15, 0.2) is 12.1 Å². The molecule has 0 radical (unpaired) electrons. The summed E-state index contributed by atoms with van der Waals surface area (Å²) >= 11 is 6.22. The Hall–Kier alpha value is -0.730. The lowest BCUT2D eigenvalue weighted by atomic mass is 9.99. The number of hydrogen-bond donors (Lipinski definition) is 1. The van der Waals surface area contributed by atoms with E-state index in [9.17, 15) is 0 Å². The second-order valence-corrected chi connectivity index (χ2v) is 5.21. The second-order valence-electron chi connectivity index (χ2n) is 4.80. The number of rotatable bonds is 2. The van der Waals surface area contributed by atoms with Gasteiger partial charge in [0.2, 0.25) is 0 Å². The first-order chi connectivity index (χ1) is 7.78. The Kier molecular flexibility index (Phi) is 2.56. The van der Waals surface area contributed by atoms with Gasteiger partial charge in [0.05, 0.1) is 10.7 Å². The Morgan fingerprint density at radius 1 is 1.31 bits per heavy atom. The van der Waals surface area contributed by atoms with Crippen molar-refractivity contribution in [2.75, 3.05) is 18.9 Å². The molecule has 1 saturated carbocycles. The Labute approximate surface area is 102 Å². The molecular formula is C13H17ClN2. The zero-order valence-electron chi connectivity index (χ0n) is 9.59. The average molecular weight is 237 g/mol. The van der Waals surface area contributed by atoms with E-state index < -0.39 is 0 Å². The van der Waals surface area contributed by atoms with Crippen LogP contribution in [0.1, 0.15) is 24.0 Å². The number of hydrogen-bond acceptors (Lipinski definition) is 2. The van der Waals surface area contributed by atoms with Gasteiger partial charge >= 0.3 is 0 Å². The zero-order valence-corrected chi connectivity index (χ0v) is 10.3. The smallest absolute Gasteiger partial charge is 0.0640 e. The normalized spacial score (nSPS) is 20.6. The molecule has 1 heterocycles. The van der Waals surface area contributed by atoms with Crippen LogP contribution in [0, 0.1) is 0 Å². The van der Waals surface area contributed by atoms with Crippen molar-refractivity contribution in [1.82, 2.24) is 4.90 Å². The summed E-state index contributed by atoms with van der Waals surface area (Å²) in [5.41, 5.74) is 3.94. The van der Waals surface area contributed by atoms with Crippen LogP contribution >= 0.6 is 11.6 Å². The molecule has 0 saturated heterocycles. The predicted octanol–water partition coefficient (Wildman–Crippen LogP) is 2.90. The van der Waals surface area contributed by atoms with E-state index in [0.29, 0.717) is 0 Å². The van der Waals surface area contributed by atoms with E-state index in [1.165, 1.54) is 30.5 Å². The minimum absolute atomic E-state index is 0.846. The first-order valence-electron chi connectivity index (χ1n) is 6.01. The molecule has 0 amide bonds. The van der Waals surface area contributed by atoms with E-state index in [0.717, 1.165) is 29.7 Å². The minimum atomic E-state index is 0.846. The van der Waals surface area contributed by atoms with Crippen LogP contribution in [0.25, 0.3) is 0 Å². The third-order valence-electron chi connectivity index (χ3n) is 3.66. The molecule has 1 aromatic carbocycles. The maximum absolute atomic E-state index is 6.22. The van der Waals surface area contributed by atoms with Gasteiger partial charge in [-0.1, -0.05) is 11.6 Å². The number of benzene rings is 1. The van der Waals surface area contributed by atoms with Crippen LogP contribution < -0.4 is 5.32 Å². The van der Waals surface area contributed by atoms with Crippen molar-refractivity contribution in [3.05, 3.63) is 28.3 Å². The average Bonchev–Trinajstić information content (AvgIpc) is 3.11. The summed E-state index contributed by atoms with van der Waals surface area (Å²) in [5.74, 6) is 0. The zero-order chi connectivity index (χ0) is 11.1. The Morgan fingerprint density at radius 3 is 2.81 bits per heavy atom. The van der Waals surface area contributed by atoms with Crippen LogP contribution in [-0.2, 0) is 13.0 Å². The van der Waals surface area contributed by atoms with Crippen molar-refractivity contribution in [1.29, 1.82) is 0 Å². The monoisotopic (exact) mass is 236 g/mol. The first-order valence-corrected chi connectivity index (χ1v) is 6.39. The van der Waals surface area contributed by atoms with E-state index in [4.69, 9.17) is 11.6 Å². The van der Waals surface area contributed by atoms with Crippen molar-refractivity contribution in [2.24, 2.45) is 0 Å². The number of halogens is 1. The SMILES string of the molecule is CNc1cc2c(cc1Cl)CN(C1CC1)CC2. The number of nitrogens with zero attached hydrogens (tertiary/aromatic N) is 1. The largest absolute Gasteiger partial charge is 0.387 e. The minimum Gasteiger partial charge on any atom is -0.387 e. The highest BCUT2D eigenvalue weighted by molar-refractivity contribution is 6.33. The van der Waals surface area contributed by atoms with Crippen LogP contribution in [0.3, 0.4) is 0 Å². The molecular weight excluding hydrogens is 220 g/mol. The summed E-state index contributed by atoms with van der Waals surface area (Å²) in [7, 11) is 1.92. The maximum Gasteiger partial charge on any atom is 0.0640 e. The summed E-state index contributed by atoms with van der Waals surface area (Å²) in [6, 6.07) is 5.20. The maximum atomic E-state index is 6.22. The fourth-order valence-corrected chi connectivity index (χ4v) is 2.82. The van der Waals surface area contributed by atoms with Gasteiger partial charge in [0, 0.05) is 26.2 Å². The van der Waals surface area contributed by atoms with Gasteiger partial charge in [-0.15, -0.1) is 0 Å². The van der Waals surface area contributed by atoms with Crippen molar-refractivity contribution in [2.45, 2.75) is 31.8 Å². The Balaban J connectivity index is 1.89. The van der Waals surface area contributed by atoms with E-state index >= 15 is 0 Å². The first kappa shape index (κ1) is 10.4. The topological polar surface area (TPSA) is 15.3 Å². The molecule has 3 heteroatoms. The molecule has 2 aliphatic rings. The standard InChI is InChI=1S/C13H17ClN2/c1-15-13-7-9-4-5-16(11-2-3-11)8-10(9)6-12(13)14/h6-7,11,15H,2-5,8H2,1H3. The molecule has 0 spiro atoms. The highest BCUT2D eigenvalue weighted by Gasteiger charge is 2.31. The molecule has 3 rings (SSSR count). The fourth-order valence-electron chi connectivity index (χ4n) is 2.54. The Morgan fingerprint density at radius 2 is 2.12 bits per heavy atom. The molecule has 1 aliphatic heterocycles. The molecule has 1 fully saturated rings. The van der Waals surface area contributed by atoms with E-state index in [1.54, 1.807) is 0 Å². The molecule has 86 valence electrons. The lowest BCUT2D eigenvalue weighted by molar-refractivity contribution is 0.244. The molecule has 2 nitrogen and oxygen atoms in total.